The van der Waals surface area contributed by atoms with E-state index in [4.69, 9.17) is 4.74 Å². The third-order valence-electron chi connectivity index (χ3n) is 4.98. The molecule has 1 aliphatic heterocycles. The molecule has 1 saturated heterocycles. The fourth-order valence-electron chi connectivity index (χ4n) is 3.40. The van der Waals surface area contributed by atoms with Crippen LogP contribution in [0, 0.1) is 19.8 Å². The quantitative estimate of drug-likeness (QED) is 0.551. The second-order valence-corrected chi connectivity index (χ2v) is 7.90. The van der Waals surface area contributed by atoms with Crippen molar-refractivity contribution in [3.8, 4) is 0 Å². The van der Waals surface area contributed by atoms with Gasteiger partial charge in [-0.3, -0.25) is 9.69 Å². The van der Waals surface area contributed by atoms with Crippen molar-refractivity contribution in [3.05, 3.63) is 17.0 Å². The number of carbonyl (C=O) groups is 1. The fraction of sp³-hybridized carbons (Fsp3) is 0.737. The van der Waals surface area contributed by atoms with Crippen molar-refractivity contribution in [2.75, 3.05) is 39.1 Å². The summed E-state index contributed by atoms with van der Waals surface area (Å²) in [6.45, 7) is 12.5. The molecule has 2 rings (SSSR count). The zero-order valence-electron chi connectivity index (χ0n) is 16.7. The molecule has 1 aromatic heterocycles. The van der Waals surface area contributed by atoms with Gasteiger partial charge in [0.05, 0.1) is 13.2 Å². The van der Waals surface area contributed by atoms with Crippen LogP contribution in [0.4, 0.5) is 0 Å². The Morgan fingerprint density at radius 2 is 1.85 bits per heavy atom. The van der Waals surface area contributed by atoms with E-state index < -0.39 is 0 Å². The maximum Gasteiger partial charge on any atom is 0.220 e. The number of nitrogens with zero attached hydrogens (tertiary/aromatic N) is 3. The normalized spacial score (nSPS) is 16.7. The second-order valence-electron chi connectivity index (χ2n) is 7.12. The lowest BCUT2D eigenvalue weighted by atomic mass is 10.0. The zero-order chi connectivity index (χ0) is 19.1. The number of amides is 1. The van der Waals surface area contributed by atoms with Crippen LogP contribution in [0.5, 0.6) is 0 Å². The number of hydrogen-bond acceptors (Lipinski definition) is 6. The van der Waals surface area contributed by atoms with Crippen molar-refractivity contribution in [1.29, 1.82) is 0 Å². The molecule has 0 radical (unpaired) electrons. The van der Waals surface area contributed by atoms with Crippen molar-refractivity contribution >= 4 is 17.7 Å². The Morgan fingerprint density at radius 3 is 2.38 bits per heavy atom. The molecule has 26 heavy (non-hydrogen) atoms. The molecule has 0 aliphatic carbocycles. The van der Waals surface area contributed by atoms with E-state index in [1.165, 1.54) is 0 Å². The van der Waals surface area contributed by atoms with Gasteiger partial charge in [-0.2, -0.15) is 0 Å². The predicted octanol–water partition coefficient (Wildman–Crippen LogP) is 2.22. The predicted molar refractivity (Wildman–Crippen MR) is 106 cm³/mol. The van der Waals surface area contributed by atoms with Gasteiger partial charge in [-0.15, -0.1) is 0 Å². The van der Waals surface area contributed by atoms with Crippen LogP contribution in [0.15, 0.2) is 5.16 Å². The van der Waals surface area contributed by atoms with Crippen LogP contribution >= 0.6 is 11.8 Å². The summed E-state index contributed by atoms with van der Waals surface area (Å²) in [5, 5.41) is 3.92. The number of morpholine rings is 1. The second kappa shape index (κ2) is 10.2. The first-order valence-corrected chi connectivity index (χ1v) is 10.6. The first-order valence-electron chi connectivity index (χ1n) is 9.39. The van der Waals surface area contributed by atoms with Crippen molar-refractivity contribution in [2.45, 2.75) is 51.7 Å². The van der Waals surface area contributed by atoms with E-state index in [0.29, 0.717) is 31.3 Å². The molecule has 0 aromatic carbocycles. The number of nitrogens with one attached hydrogen (secondary N) is 1. The molecular weight excluding hydrogens is 348 g/mol. The maximum absolute atomic E-state index is 12.4. The van der Waals surface area contributed by atoms with E-state index in [1.807, 2.05) is 20.1 Å². The smallest absolute Gasteiger partial charge is 0.220 e. The third kappa shape index (κ3) is 5.93. The Bertz CT molecular complexity index is 580. The highest BCUT2D eigenvalue weighted by Crippen LogP contribution is 2.17. The molecule has 1 aliphatic rings. The molecule has 7 heteroatoms. The molecule has 0 spiro atoms. The number of ether oxygens (including phenoxy) is 1. The van der Waals surface area contributed by atoms with Crippen LogP contribution in [-0.2, 0) is 16.0 Å². The molecular formula is C19H32N4O2S. The average molecular weight is 381 g/mol. The fourth-order valence-corrected chi connectivity index (χ4v) is 3.86. The van der Waals surface area contributed by atoms with Gasteiger partial charge in [-0.25, -0.2) is 9.97 Å². The molecule has 6 nitrogen and oxygen atoms in total. The summed E-state index contributed by atoms with van der Waals surface area (Å²) in [4.78, 5) is 23.8. The van der Waals surface area contributed by atoms with Crippen LogP contribution in [-0.4, -0.2) is 65.9 Å². The molecule has 146 valence electrons. The van der Waals surface area contributed by atoms with Gasteiger partial charge in [0.2, 0.25) is 5.91 Å². The Morgan fingerprint density at radius 1 is 1.23 bits per heavy atom. The zero-order valence-corrected chi connectivity index (χ0v) is 17.5. The lowest BCUT2D eigenvalue weighted by Crippen LogP contribution is -2.51. The maximum atomic E-state index is 12.4. The van der Waals surface area contributed by atoms with Crippen molar-refractivity contribution in [3.63, 3.8) is 0 Å². The minimum absolute atomic E-state index is 0.0941. The first-order chi connectivity index (χ1) is 12.4. The van der Waals surface area contributed by atoms with E-state index in [0.717, 1.165) is 48.4 Å². The Labute approximate surface area is 161 Å². The van der Waals surface area contributed by atoms with Gasteiger partial charge in [0.25, 0.3) is 0 Å². The SMILES string of the molecule is CSc1nc(C)c(CCC(=O)NCC(C(C)C)N2CCOCC2)c(C)n1. The van der Waals surface area contributed by atoms with E-state index >= 15 is 0 Å². The van der Waals surface area contributed by atoms with Crippen LogP contribution in [0.1, 0.15) is 37.2 Å². The third-order valence-corrected chi connectivity index (χ3v) is 5.53. The average Bonchev–Trinajstić information content (AvgIpc) is 2.61. The lowest BCUT2D eigenvalue weighted by Gasteiger charge is -2.36. The summed E-state index contributed by atoms with van der Waals surface area (Å²) in [7, 11) is 0. The Hall–Kier alpha value is -1.18. The molecule has 1 unspecified atom stereocenters. The molecule has 1 N–H and O–H groups in total. The van der Waals surface area contributed by atoms with Crippen molar-refractivity contribution in [2.24, 2.45) is 5.92 Å². The molecule has 1 aromatic rings. The Kier molecular flexibility index (Phi) is 8.31. The van der Waals surface area contributed by atoms with E-state index in [9.17, 15) is 4.79 Å². The topological polar surface area (TPSA) is 67.4 Å². The largest absolute Gasteiger partial charge is 0.379 e. The summed E-state index contributed by atoms with van der Waals surface area (Å²) >= 11 is 1.54. The highest BCUT2D eigenvalue weighted by molar-refractivity contribution is 7.98. The van der Waals surface area contributed by atoms with Gasteiger partial charge in [-0.1, -0.05) is 25.6 Å². The first kappa shape index (κ1) is 21.1. The minimum Gasteiger partial charge on any atom is -0.379 e. The van der Waals surface area contributed by atoms with Gasteiger partial charge < -0.3 is 10.1 Å². The minimum atomic E-state index is 0.0941. The van der Waals surface area contributed by atoms with Crippen molar-refractivity contribution < 1.29 is 9.53 Å². The monoisotopic (exact) mass is 380 g/mol. The number of hydrogen-bond donors (Lipinski definition) is 1. The standard InChI is InChI=1S/C19H32N4O2S/c1-13(2)17(23-8-10-25-11-9-23)12-20-18(24)7-6-16-14(3)21-19(26-5)22-15(16)4/h13,17H,6-12H2,1-5H3,(H,20,24). The van der Waals surface area contributed by atoms with Crippen LogP contribution in [0.25, 0.3) is 0 Å². The summed E-state index contributed by atoms with van der Waals surface area (Å²) in [6.07, 6.45) is 3.13. The van der Waals surface area contributed by atoms with Gasteiger partial charge in [-0.05, 0) is 38.0 Å². The summed E-state index contributed by atoms with van der Waals surface area (Å²) in [5.41, 5.74) is 3.04. The highest BCUT2D eigenvalue weighted by atomic mass is 32.2. The number of aryl methyl sites for hydroxylation is 2. The molecule has 1 atom stereocenters. The molecule has 0 saturated carbocycles. The van der Waals surface area contributed by atoms with Crippen LogP contribution < -0.4 is 5.32 Å². The summed E-state index contributed by atoms with van der Waals surface area (Å²) < 4.78 is 5.44. The Balaban J connectivity index is 1.86. The molecule has 1 fully saturated rings. The molecule has 0 bridgehead atoms. The molecule has 1 amide bonds. The van der Waals surface area contributed by atoms with Gasteiger partial charge >= 0.3 is 0 Å². The van der Waals surface area contributed by atoms with E-state index in [-0.39, 0.29) is 5.91 Å². The number of aromatic nitrogens is 2. The van der Waals surface area contributed by atoms with Crippen LogP contribution in [0.3, 0.4) is 0 Å². The van der Waals surface area contributed by atoms with Crippen molar-refractivity contribution in [1.82, 2.24) is 20.2 Å². The molecule has 2 heterocycles. The van der Waals surface area contributed by atoms with Gasteiger partial charge in [0, 0.05) is 43.5 Å². The number of rotatable bonds is 8. The summed E-state index contributed by atoms with van der Waals surface area (Å²) in [5.74, 6) is 0.585. The number of thioether (sulfide) groups is 1. The van der Waals surface area contributed by atoms with E-state index in [1.54, 1.807) is 11.8 Å². The van der Waals surface area contributed by atoms with E-state index in [2.05, 4.69) is 34.0 Å². The van der Waals surface area contributed by atoms with Gasteiger partial charge in [0.1, 0.15) is 0 Å². The van der Waals surface area contributed by atoms with Gasteiger partial charge in [0.15, 0.2) is 5.16 Å². The number of carbonyl (C=O) groups excluding carboxylic acids is 1. The lowest BCUT2D eigenvalue weighted by molar-refractivity contribution is -0.121. The summed E-state index contributed by atoms with van der Waals surface area (Å²) in [6, 6.07) is 0.357. The van der Waals surface area contributed by atoms with Crippen LogP contribution in [0.2, 0.25) is 0 Å². The highest BCUT2D eigenvalue weighted by Gasteiger charge is 2.24.